The molecule has 1 aromatic carbocycles. The highest BCUT2D eigenvalue weighted by molar-refractivity contribution is 7.99. The predicted molar refractivity (Wildman–Crippen MR) is 125 cm³/mol. The van der Waals surface area contributed by atoms with Gasteiger partial charge < -0.3 is 10.2 Å². The van der Waals surface area contributed by atoms with Gasteiger partial charge in [0, 0.05) is 42.0 Å². The lowest BCUT2D eigenvalue weighted by Crippen LogP contribution is -2.37. The molecule has 0 saturated carbocycles. The van der Waals surface area contributed by atoms with Crippen molar-refractivity contribution in [2.45, 2.75) is 43.2 Å². The van der Waals surface area contributed by atoms with Crippen LogP contribution in [0.3, 0.4) is 0 Å². The highest BCUT2D eigenvalue weighted by Gasteiger charge is 2.21. The Morgan fingerprint density at radius 3 is 2.90 bits per heavy atom. The van der Waals surface area contributed by atoms with Gasteiger partial charge in [-0.25, -0.2) is 4.98 Å². The number of carbonyl (C=O) groups is 2. The van der Waals surface area contributed by atoms with Crippen LogP contribution in [0.15, 0.2) is 57.9 Å². The molecule has 160 valence electrons. The van der Waals surface area contributed by atoms with E-state index in [1.54, 1.807) is 29.7 Å². The van der Waals surface area contributed by atoms with Crippen LogP contribution in [0.4, 0.5) is 0 Å². The van der Waals surface area contributed by atoms with Gasteiger partial charge in [0.1, 0.15) is 5.03 Å². The van der Waals surface area contributed by atoms with E-state index in [-0.39, 0.29) is 11.8 Å². The molecule has 3 aromatic rings. The zero-order chi connectivity index (χ0) is 21.8. The van der Waals surface area contributed by atoms with Crippen LogP contribution in [-0.4, -0.2) is 34.8 Å². The van der Waals surface area contributed by atoms with Gasteiger partial charge in [0.25, 0.3) is 5.91 Å². The van der Waals surface area contributed by atoms with Crippen molar-refractivity contribution in [3.05, 3.63) is 75.1 Å². The van der Waals surface area contributed by atoms with Crippen molar-refractivity contribution in [3.8, 4) is 0 Å². The summed E-state index contributed by atoms with van der Waals surface area (Å²) in [6, 6.07) is 11.9. The molecule has 4 rings (SSSR count). The lowest BCUT2D eigenvalue weighted by Gasteiger charge is -2.27. The molecule has 1 N–H and O–H groups in total. The molecular weight excluding hydrogens is 426 g/mol. The molecule has 0 radical (unpaired) electrons. The van der Waals surface area contributed by atoms with Crippen molar-refractivity contribution in [2.75, 3.05) is 13.1 Å². The first-order valence-corrected chi connectivity index (χ1v) is 12.0. The molecule has 0 unspecified atom stereocenters. The van der Waals surface area contributed by atoms with Crippen LogP contribution in [0.5, 0.6) is 0 Å². The van der Waals surface area contributed by atoms with Crippen molar-refractivity contribution >= 4 is 34.9 Å². The molecule has 7 heteroatoms. The van der Waals surface area contributed by atoms with E-state index in [0.717, 1.165) is 17.9 Å². The summed E-state index contributed by atoms with van der Waals surface area (Å²) in [6.45, 7) is 5.88. The number of thiophene rings is 1. The van der Waals surface area contributed by atoms with E-state index in [4.69, 9.17) is 0 Å². The number of nitrogens with zero attached hydrogens (tertiary/aromatic N) is 2. The molecule has 0 fully saturated rings. The Kier molecular flexibility index (Phi) is 6.73. The molecule has 0 bridgehead atoms. The number of carbonyl (C=O) groups excluding carboxylic acids is 2. The number of amides is 2. The van der Waals surface area contributed by atoms with Gasteiger partial charge in [-0.1, -0.05) is 17.8 Å². The smallest absolute Gasteiger partial charge is 0.254 e. The maximum atomic E-state index is 12.8. The van der Waals surface area contributed by atoms with E-state index in [0.29, 0.717) is 30.1 Å². The van der Waals surface area contributed by atoms with Gasteiger partial charge in [-0.2, -0.15) is 0 Å². The Labute approximate surface area is 190 Å². The van der Waals surface area contributed by atoms with Gasteiger partial charge >= 0.3 is 0 Å². The Hall–Kier alpha value is -2.64. The molecule has 1 aliphatic rings. The van der Waals surface area contributed by atoms with E-state index in [1.807, 2.05) is 11.0 Å². The average molecular weight is 452 g/mol. The van der Waals surface area contributed by atoms with Crippen LogP contribution in [0.2, 0.25) is 0 Å². The van der Waals surface area contributed by atoms with Crippen LogP contribution in [-0.2, 0) is 17.8 Å². The molecule has 0 saturated heterocycles. The van der Waals surface area contributed by atoms with Gasteiger partial charge in [-0.05, 0) is 72.7 Å². The second kappa shape index (κ2) is 9.66. The monoisotopic (exact) mass is 451 g/mol. The number of nitrogens with one attached hydrogen (secondary N) is 1. The van der Waals surface area contributed by atoms with Crippen molar-refractivity contribution in [2.24, 2.45) is 0 Å². The Morgan fingerprint density at radius 1 is 1.19 bits per heavy atom. The first kappa shape index (κ1) is 21.6. The fourth-order valence-corrected chi connectivity index (χ4v) is 5.40. The molecule has 2 aromatic heterocycles. The normalized spacial score (nSPS) is 13.0. The van der Waals surface area contributed by atoms with Crippen LogP contribution in [0, 0.1) is 13.8 Å². The summed E-state index contributed by atoms with van der Waals surface area (Å²) in [7, 11) is 0. The molecule has 1 aliphatic heterocycles. The van der Waals surface area contributed by atoms with Gasteiger partial charge in [0.05, 0.1) is 5.56 Å². The fourth-order valence-electron chi connectivity index (χ4n) is 3.53. The standard InChI is InChI=1S/C24H25N3O2S2/c1-16-5-6-19(14-17(16)2)31-24-20(4-3-10-26-24)23(29)25-11-7-22(28)27-12-8-21-18(15-27)9-13-30-21/h3-6,9-10,13-14H,7-8,11-12,15H2,1-2H3,(H,25,29). The lowest BCUT2D eigenvalue weighted by molar-refractivity contribution is -0.131. The number of hydrogen-bond donors (Lipinski definition) is 1. The summed E-state index contributed by atoms with van der Waals surface area (Å²) in [5.41, 5.74) is 4.21. The highest BCUT2D eigenvalue weighted by atomic mass is 32.2. The Bertz CT molecular complexity index is 1110. The number of aryl methyl sites for hydroxylation is 2. The minimum atomic E-state index is -0.203. The number of fused-ring (bicyclic) bond motifs is 1. The Balaban J connectivity index is 1.34. The second-order valence-corrected chi connectivity index (χ2v) is 9.71. The van der Waals surface area contributed by atoms with E-state index in [9.17, 15) is 9.59 Å². The van der Waals surface area contributed by atoms with Crippen LogP contribution < -0.4 is 5.32 Å². The largest absolute Gasteiger partial charge is 0.351 e. The molecular formula is C24H25N3O2S2. The number of aromatic nitrogens is 1. The van der Waals surface area contributed by atoms with Crippen molar-refractivity contribution in [1.29, 1.82) is 0 Å². The lowest BCUT2D eigenvalue weighted by atomic mass is 10.1. The third-order valence-corrected chi connectivity index (χ3v) is 7.52. The summed E-state index contributed by atoms with van der Waals surface area (Å²) >= 11 is 3.23. The summed E-state index contributed by atoms with van der Waals surface area (Å²) in [5, 5.41) is 5.64. The van der Waals surface area contributed by atoms with E-state index >= 15 is 0 Å². The van der Waals surface area contributed by atoms with Crippen LogP contribution in [0.25, 0.3) is 0 Å². The molecule has 3 heterocycles. The molecule has 0 aliphatic carbocycles. The van der Waals surface area contributed by atoms with Gasteiger partial charge in [0.15, 0.2) is 0 Å². The van der Waals surface area contributed by atoms with E-state index in [1.165, 1.54) is 33.3 Å². The molecule has 2 amide bonds. The van der Waals surface area contributed by atoms with Gasteiger partial charge in [0.2, 0.25) is 5.91 Å². The van der Waals surface area contributed by atoms with E-state index in [2.05, 4.69) is 47.7 Å². The first-order chi connectivity index (χ1) is 15.0. The number of pyridine rings is 1. The summed E-state index contributed by atoms with van der Waals surface area (Å²) in [4.78, 5) is 34.1. The third-order valence-electron chi connectivity index (χ3n) is 5.49. The molecule has 0 atom stereocenters. The van der Waals surface area contributed by atoms with Crippen molar-refractivity contribution in [3.63, 3.8) is 0 Å². The SMILES string of the molecule is Cc1ccc(Sc2ncccc2C(=O)NCCC(=O)N2CCc3sccc3C2)cc1C. The highest BCUT2D eigenvalue weighted by Crippen LogP contribution is 2.30. The fraction of sp³-hybridized carbons (Fsp3) is 0.292. The molecule has 31 heavy (non-hydrogen) atoms. The van der Waals surface area contributed by atoms with Crippen LogP contribution in [0.1, 0.15) is 38.3 Å². The summed E-state index contributed by atoms with van der Waals surface area (Å²) in [5.74, 6) is -0.126. The zero-order valence-corrected chi connectivity index (χ0v) is 19.3. The van der Waals surface area contributed by atoms with Crippen molar-refractivity contribution in [1.82, 2.24) is 15.2 Å². The summed E-state index contributed by atoms with van der Waals surface area (Å²) in [6.07, 6.45) is 2.91. The molecule has 5 nitrogen and oxygen atoms in total. The van der Waals surface area contributed by atoms with E-state index < -0.39 is 0 Å². The average Bonchev–Trinajstić information content (AvgIpc) is 3.24. The molecule has 0 spiro atoms. The zero-order valence-electron chi connectivity index (χ0n) is 17.7. The summed E-state index contributed by atoms with van der Waals surface area (Å²) < 4.78 is 0. The topological polar surface area (TPSA) is 62.3 Å². The Morgan fingerprint density at radius 2 is 2.06 bits per heavy atom. The maximum absolute atomic E-state index is 12.8. The second-order valence-electron chi connectivity index (χ2n) is 7.64. The number of benzene rings is 1. The van der Waals surface area contributed by atoms with Gasteiger partial charge in [-0.15, -0.1) is 11.3 Å². The van der Waals surface area contributed by atoms with Gasteiger partial charge in [-0.3, -0.25) is 9.59 Å². The minimum Gasteiger partial charge on any atom is -0.351 e. The van der Waals surface area contributed by atoms with Crippen molar-refractivity contribution < 1.29 is 9.59 Å². The number of hydrogen-bond acceptors (Lipinski definition) is 5. The number of rotatable bonds is 6. The maximum Gasteiger partial charge on any atom is 0.254 e. The predicted octanol–water partition coefficient (Wildman–Crippen LogP) is 4.62. The minimum absolute atomic E-state index is 0.0769. The van der Waals surface area contributed by atoms with Crippen LogP contribution >= 0.6 is 23.1 Å². The quantitative estimate of drug-likeness (QED) is 0.594. The third kappa shape index (κ3) is 5.17. The first-order valence-electron chi connectivity index (χ1n) is 10.3.